The Morgan fingerprint density at radius 2 is 1.95 bits per heavy atom. The molecular formula is C17H19NO. The summed E-state index contributed by atoms with van der Waals surface area (Å²) in [5.41, 5.74) is 5.08. The summed E-state index contributed by atoms with van der Waals surface area (Å²) in [6.07, 6.45) is 5.81. The van der Waals surface area contributed by atoms with Crippen LogP contribution in [0.2, 0.25) is 0 Å². The van der Waals surface area contributed by atoms with E-state index >= 15 is 0 Å². The van der Waals surface area contributed by atoms with Crippen LogP contribution in [-0.4, -0.2) is 5.16 Å². The maximum absolute atomic E-state index is 5.30. The van der Waals surface area contributed by atoms with Crippen molar-refractivity contribution in [3.05, 3.63) is 59.0 Å². The Morgan fingerprint density at radius 1 is 1.16 bits per heavy atom. The van der Waals surface area contributed by atoms with Gasteiger partial charge in [0.1, 0.15) is 5.76 Å². The largest absolute Gasteiger partial charge is 0.361 e. The lowest BCUT2D eigenvalue weighted by Crippen LogP contribution is -2.05. The van der Waals surface area contributed by atoms with Crippen LogP contribution in [0.15, 0.2) is 40.9 Å². The molecule has 1 heterocycles. The molecule has 98 valence electrons. The Labute approximate surface area is 114 Å². The molecule has 1 aromatic heterocycles. The number of aromatic nitrogens is 1. The molecule has 1 atom stereocenters. The fourth-order valence-electron chi connectivity index (χ4n) is 3.06. The van der Waals surface area contributed by atoms with Crippen molar-refractivity contribution in [1.29, 1.82) is 0 Å². The van der Waals surface area contributed by atoms with E-state index in [0.717, 1.165) is 24.3 Å². The average molecular weight is 253 g/mol. The summed E-state index contributed by atoms with van der Waals surface area (Å²) in [7, 11) is 0. The molecule has 0 bridgehead atoms. The minimum absolute atomic E-state index is 0.620. The van der Waals surface area contributed by atoms with Crippen molar-refractivity contribution in [3.63, 3.8) is 0 Å². The van der Waals surface area contributed by atoms with Crippen molar-refractivity contribution < 1.29 is 4.52 Å². The summed E-state index contributed by atoms with van der Waals surface area (Å²) in [6.45, 7) is 4.03. The second kappa shape index (κ2) is 5.04. The van der Waals surface area contributed by atoms with Gasteiger partial charge in [-0.3, -0.25) is 0 Å². The number of aryl methyl sites for hydroxylation is 2. The van der Waals surface area contributed by atoms with Crippen LogP contribution in [0.3, 0.4) is 0 Å². The molecule has 0 fully saturated rings. The standard InChI is InChI=1S/C17H19NO/c1-12-17(13(2)19-18-12)16-10-6-9-15(11-16)14-7-4-3-5-8-14/h3-5,7-8,10,15H,6,9,11H2,1-2H3. The van der Waals surface area contributed by atoms with E-state index in [9.17, 15) is 0 Å². The maximum Gasteiger partial charge on any atom is 0.141 e. The van der Waals surface area contributed by atoms with E-state index in [1.54, 1.807) is 0 Å². The van der Waals surface area contributed by atoms with Crippen molar-refractivity contribution in [2.24, 2.45) is 0 Å². The van der Waals surface area contributed by atoms with Gasteiger partial charge in [0.25, 0.3) is 0 Å². The zero-order valence-electron chi connectivity index (χ0n) is 11.5. The molecule has 0 amide bonds. The molecule has 0 saturated heterocycles. The highest BCUT2D eigenvalue weighted by Crippen LogP contribution is 2.38. The van der Waals surface area contributed by atoms with Gasteiger partial charge in [0.05, 0.1) is 5.69 Å². The molecule has 1 aliphatic carbocycles. The monoisotopic (exact) mass is 253 g/mol. The molecule has 0 saturated carbocycles. The third-order valence-corrected chi connectivity index (χ3v) is 4.00. The normalized spacial score (nSPS) is 19.3. The Bertz CT molecular complexity index is 575. The first-order valence-corrected chi connectivity index (χ1v) is 6.93. The Kier molecular flexibility index (Phi) is 3.24. The third kappa shape index (κ3) is 2.35. The summed E-state index contributed by atoms with van der Waals surface area (Å²) in [6, 6.07) is 10.8. The summed E-state index contributed by atoms with van der Waals surface area (Å²) in [5.74, 6) is 1.56. The first kappa shape index (κ1) is 12.2. The number of allylic oxidation sites excluding steroid dienone is 2. The minimum atomic E-state index is 0.620. The van der Waals surface area contributed by atoms with Gasteiger partial charge in [-0.2, -0.15) is 0 Å². The van der Waals surface area contributed by atoms with Crippen LogP contribution in [0.4, 0.5) is 0 Å². The molecule has 19 heavy (non-hydrogen) atoms. The highest BCUT2D eigenvalue weighted by molar-refractivity contribution is 5.70. The van der Waals surface area contributed by atoms with Gasteiger partial charge in [0.2, 0.25) is 0 Å². The van der Waals surface area contributed by atoms with Crippen molar-refractivity contribution >= 4 is 5.57 Å². The van der Waals surface area contributed by atoms with Gasteiger partial charge in [-0.1, -0.05) is 41.6 Å². The highest BCUT2D eigenvalue weighted by Gasteiger charge is 2.22. The Balaban J connectivity index is 1.88. The summed E-state index contributed by atoms with van der Waals surface area (Å²) in [4.78, 5) is 0. The van der Waals surface area contributed by atoms with Crippen LogP contribution >= 0.6 is 0 Å². The Hall–Kier alpha value is -1.83. The first-order valence-electron chi connectivity index (χ1n) is 6.93. The van der Waals surface area contributed by atoms with Gasteiger partial charge in [-0.25, -0.2) is 0 Å². The Morgan fingerprint density at radius 3 is 2.63 bits per heavy atom. The van der Waals surface area contributed by atoms with Gasteiger partial charge in [0, 0.05) is 5.56 Å². The van der Waals surface area contributed by atoms with Crippen molar-refractivity contribution in [3.8, 4) is 0 Å². The van der Waals surface area contributed by atoms with Crippen LogP contribution in [0, 0.1) is 13.8 Å². The molecule has 1 unspecified atom stereocenters. The zero-order valence-corrected chi connectivity index (χ0v) is 11.5. The van der Waals surface area contributed by atoms with E-state index < -0.39 is 0 Å². The smallest absolute Gasteiger partial charge is 0.141 e. The van der Waals surface area contributed by atoms with Crippen LogP contribution < -0.4 is 0 Å². The molecule has 0 radical (unpaired) electrons. The molecular weight excluding hydrogens is 234 g/mol. The maximum atomic E-state index is 5.30. The number of nitrogens with zero attached hydrogens (tertiary/aromatic N) is 1. The van der Waals surface area contributed by atoms with E-state index in [1.165, 1.54) is 23.1 Å². The lowest BCUT2D eigenvalue weighted by Gasteiger charge is -2.23. The fourth-order valence-corrected chi connectivity index (χ4v) is 3.06. The molecule has 2 nitrogen and oxygen atoms in total. The summed E-state index contributed by atoms with van der Waals surface area (Å²) >= 11 is 0. The molecule has 0 N–H and O–H groups in total. The number of hydrogen-bond donors (Lipinski definition) is 0. The lowest BCUT2D eigenvalue weighted by molar-refractivity contribution is 0.393. The molecule has 2 heteroatoms. The summed E-state index contributed by atoms with van der Waals surface area (Å²) < 4.78 is 5.30. The molecule has 0 spiro atoms. The van der Waals surface area contributed by atoms with E-state index in [2.05, 4.69) is 41.6 Å². The fraction of sp³-hybridized carbons (Fsp3) is 0.353. The summed E-state index contributed by atoms with van der Waals surface area (Å²) in [5, 5.41) is 4.07. The highest BCUT2D eigenvalue weighted by atomic mass is 16.5. The third-order valence-electron chi connectivity index (χ3n) is 4.00. The second-order valence-electron chi connectivity index (χ2n) is 5.32. The zero-order chi connectivity index (χ0) is 13.2. The van der Waals surface area contributed by atoms with Crippen LogP contribution in [0.5, 0.6) is 0 Å². The number of hydrogen-bond acceptors (Lipinski definition) is 2. The van der Waals surface area contributed by atoms with Crippen LogP contribution in [0.25, 0.3) is 5.57 Å². The predicted octanol–water partition coefficient (Wildman–Crippen LogP) is 4.64. The van der Waals surface area contributed by atoms with E-state index in [1.807, 2.05) is 13.8 Å². The SMILES string of the molecule is Cc1noc(C)c1C1=CCCC(c2ccccc2)C1. The van der Waals surface area contributed by atoms with Crippen molar-refractivity contribution in [2.75, 3.05) is 0 Å². The van der Waals surface area contributed by atoms with Crippen molar-refractivity contribution in [2.45, 2.75) is 39.0 Å². The number of benzene rings is 1. The van der Waals surface area contributed by atoms with E-state index in [0.29, 0.717) is 5.92 Å². The van der Waals surface area contributed by atoms with E-state index in [-0.39, 0.29) is 0 Å². The second-order valence-corrected chi connectivity index (χ2v) is 5.32. The van der Waals surface area contributed by atoms with Gasteiger partial charge >= 0.3 is 0 Å². The number of rotatable bonds is 2. The minimum Gasteiger partial charge on any atom is -0.361 e. The first-order chi connectivity index (χ1) is 9.25. The van der Waals surface area contributed by atoms with Crippen LogP contribution in [-0.2, 0) is 0 Å². The van der Waals surface area contributed by atoms with E-state index in [4.69, 9.17) is 4.52 Å². The molecule has 1 aromatic carbocycles. The quantitative estimate of drug-likeness (QED) is 0.779. The topological polar surface area (TPSA) is 26.0 Å². The predicted molar refractivity (Wildman–Crippen MR) is 77.0 cm³/mol. The molecule has 1 aliphatic rings. The van der Waals surface area contributed by atoms with Crippen LogP contribution in [0.1, 0.15) is 47.8 Å². The van der Waals surface area contributed by atoms with Gasteiger partial charge in [-0.05, 0) is 50.2 Å². The average Bonchev–Trinajstić information content (AvgIpc) is 2.79. The van der Waals surface area contributed by atoms with Crippen molar-refractivity contribution in [1.82, 2.24) is 5.16 Å². The molecule has 2 aromatic rings. The van der Waals surface area contributed by atoms with Gasteiger partial charge < -0.3 is 4.52 Å². The van der Waals surface area contributed by atoms with Gasteiger partial charge in [-0.15, -0.1) is 0 Å². The molecule has 3 rings (SSSR count). The molecule has 0 aliphatic heterocycles. The lowest BCUT2D eigenvalue weighted by atomic mass is 9.81. The van der Waals surface area contributed by atoms with Gasteiger partial charge in [0.15, 0.2) is 0 Å².